The average molecular weight is 340 g/mol. The molecule has 0 spiro atoms. The molecule has 1 amide bonds. The van der Waals surface area contributed by atoms with Crippen molar-refractivity contribution in [3.63, 3.8) is 0 Å². The van der Waals surface area contributed by atoms with Gasteiger partial charge in [0.15, 0.2) is 0 Å². The van der Waals surface area contributed by atoms with Crippen molar-refractivity contribution >= 4 is 18.3 Å². The second-order valence-electron chi connectivity index (χ2n) is 6.73. The fourth-order valence-electron chi connectivity index (χ4n) is 3.40. The largest absolute Gasteiger partial charge is 0.341 e. The van der Waals surface area contributed by atoms with Crippen LogP contribution in [0.4, 0.5) is 0 Å². The highest BCUT2D eigenvalue weighted by molar-refractivity contribution is 5.85. The summed E-state index contributed by atoms with van der Waals surface area (Å²) in [6.45, 7) is 8.83. The third-order valence-electron chi connectivity index (χ3n) is 4.27. The summed E-state index contributed by atoms with van der Waals surface area (Å²) in [5, 5.41) is 0. The highest BCUT2D eigenvalue weighted by atomic mass is 35.5. The SMILES string of the molecule is CC1CC(C)CN(C(=O)CN(CCN)Cc2ccccc2)C1.Cl. The average Bonchev–Trinajstić information content (AvgIpc) is 2.47. The summed E-state index contributed by atoms with van der Waals surface area (Å²) in [6.07, 6.45) is 1.22. The van der Waals surface area contributed by atoms with Gasteiger partial charge in [-0.15, -0.1) is 12.4 Å². The molecule has 130 valence electrons. The lowest BCUT2D eigenvalue weighted by molar-refractivity contribution is -0.135. The van der Waals surface area contributed by atoms with Crippen LogP contribution in [0.5, 0.6) is 0 Å². The highest BCUT2D eigenvalue weighted by Crippen LogP contribution is 2.21. The van der Waals surface area contributed by atoms with Gasteiger partial charge in [-0.2, -0.15) is 0 Å². The summed E-state index contributed by atoms with van der Waals surface area (Å²) >= 11 is 0. The molecule has 2 unspecified atom stereocenters. The molecule has 0 saturated carbocycles. The maximum Gasteiger partial charge on any atom is 0.236 e. The summed E-state index contributed by atoms with van der Waals surface area (Å²) in [5.74, 6) is 1.44. The highest BCUT2D eigenvalue weighted by Gasteiger charge is 2.26. The number of hydrogen-bond acceptors (Lipinski definition) is 3. The minimum absolute atomic E-state index is 0. The topological polar surface area (TPSA) is 49.6 Å². The molecule has 2 rings (SSSR count). The van der Waals surface area contributed by atoms with E-state index in [4.69, 9.17) is 5.73 Å². The van der Waals surface area contributed by atoms with Gasteiger partial charge >= 0.3 is 0 Å². The van der Waals surface area contributed by atoms with Crippen LogP contribution < -0.4 is 5.73 Å². The Labute approximate surface area is 146 Å². The first-order valence-electron chi connectivity index (χ1n) is 8.32. The van der Waals surface area contributed by atoms with Crippen molar-refractivity contribution in [1.82, 2.24) is 9.80 Å². The number of benzene rings is 1. The van der Waals surface area contributed by atoms with E-state index in [0.717, 1.165) is 26.2 Å². The Hall–Kier alpha value is -1.10. The van der Waals surface area contributed by atoms with Gasteiger partial charge in [0, 0.05) is 32.7 Å². The van der Waals surface area contributed by atoms with Crippen molar-refractivity contribution < 1.29 is 4.79 Å². The Morgan fingerprint density at radius 2 is 1.83 bits per heavy atom. The van der Waals surface area contributed by atoms with Crippen molar-refractivity contribution in [1.29, 1.82) is 0 Å². The van der Waals surface area contributed by atoms with E-state index in [2.05, 4.69) is 30.9 Å². The number of piperidine rings is 1. The van der Waals surface area contributed by atoms with E-state index in [9.17, 15) is 4.79 Å². The normalized spacial score (nSPS) is 21.1. The summed E-state index contributed by atoms with van der Waals surface area (Å²) in [7, 11) is 0. The first-order chi connectivity index (χ1) is 10.6. The molecule has 1 aromatic carbocycles. The van der Waals surface area contributed by atoms with Gasteiger partial charge in [0.1, 0.15) is 0 Å². The van der Waals surface area contributed by atoms with E-state index < -0.39 is 0 Å². The number of hydrogen-bond donors (Lipinski definition) is 1. The van der Waals surface area contributed by atoms with Gasteiger partial charge in [-0.25, -0.2) is 0 Å². The number of nitrogens with zero attached hydrogens (tertiary/aromatic N) is 2. The maximum absolute atomic E-state index is 12.6. The number of halogens is 1. The molecule has 2 N–H and O–H groups in total. The molecular formula is C18H30ClN3O. The molecule has 0 radical (unpaired) electrons. The van der Waals surface area contributed by atoms with Gasteiger partial charge in [0.25, 0.3) is 0 Å². The van der Waals surface area contributed by atoms with E-state index in [-0.39, 0.29) is 18.3 Å². The van der Waals surface area contributed by atoms with Crippen LogP contribution >= 0.6 is 12.4 Å². The number of amides is 1. The molecule has 1 aliphatic rings. The van der Waals surface area contributed by atoms with Crippen molar-refractivity contribution in [2.75, 3.05) is 32.7 Å². The van der Waals surface area contributed by atoms with Gasteiger partial charge in [0.2, 0.25) is 5.91 Å². The van der Waals surface area contributed by atoms with E-state index in [1.807, 2.05) is 23.1 Å². The minimum Gasteiger partial charge on any atom is -0.341 e. The molecule has 1 heterocycles. The smallest absolute Gasteiger partial charge is 0.236 e. The number of nitrogens with two attached hydrogens (primary N) is 1. The molecule has 1 saturated heterocycles. The van der Waals surface area contributed by atoms with E-state index in [1.165, 1.54) is 12.0 Å². The third kappa shape index (κ3) is 6.50. The Balaban J connectivity index is 0.00000264. The molecule has 4 nitrogen and oxygen atoms in total. The number of likely N-dealkylation sites (tertiary alicyclic amines) is 1. The van der Waals surface area contributed by atoms with E-state index >= 15 is 0 Å². The lowest BCUT2D eigenvalue weighted by atomic mass is 9.92. The Kier molecular flexibility index (Phi) is 8.59. The van der Waals surface area contributed by atoms with E-state index in [1.54, 1.807) is 0 Å². The predicted octanol–water partition coefficient (Wildman–Crippen LogP) is 2.37. The molecule has 2 atom stereocenters. The molecule has 0 aliphatic carbocycles. The lowest BCUT2D eigenvalue weighted by Crippen LogP contribution is -2.47. The minimum atomic E-state index is 0. The molecule has 1 aliphatic heterocycles. The number of carbonyl (C=O) groups is 1. The first kappa shape index (κ1) is 19.9. The van der Waals surface area contributed by atoms with Crippen LogP contribution in [0, 0.1) is 11.8 Å². The van der Waals surface area contributed by atoms with E-state index in [0.29, 0.717) is 24.9 Å². The van der Waals surface area contributed by atoms with Crippen LogP contribution in [0.1, 0.15) is 25.8 Å². The van der Waals surface area contributed by atoms with Gasteiger partial charge in [-0.1, -0.05) is 44.2 Å². The summed E-state index contributed by atoms with van der Waals surface area (Å²) < 4.78 is 0. The molecule has 0 aromatic heterocycles. The van der Waals surface area contributed by atoms with Crippen molar-refractivity contribution in [2.24, 2.45) is 17.6 Å². The molecule has 23 heavy (non-hydrogen) atoms. The van der Waals surface area contributed by atoms with Crippen LogP contribution in [0.15, 0.2) is 30.3 Å². The number of carbonyl (C=O) groups excluding carboxylic acids is 1. The molecular weight excluding hydrogens is 310 g/mol. The zero-order valence-corrected chi connectivity index (χ0v) is 15.1. The first-order valence-corrected chi connectivity index (χ1v) is 8.32. The van der Waals surface area contributed by atoms with Crippen LogP contribution in [0.2, 0.25) is 0 Å². The zero-order valence-electron chi connectivity index (χ0n) is 14.3. The Bertz CT molecular complexity index is 459. The van der Waals surface area contributed by atoms with Gasteiger partial charge in [-0.05, 0) is 23.8 Å². The maximum atomic E-state index is 12.6. The summed E-state index contributed by atoms with van der Waals surface area (Å²) in [5.41, 5.74) is 6.94. The predicted molar refractivity (Wildman–Crippen MR) is 97.5 cm³/mol. The second kappa shape index (κ2) is 9.91. The van der Waals surface area contributed by atoms with Crippen molar-refractivity contribution in [3.8, 4) is 0 Å². The van der Waals surface area contributed by atoms with Gasteiger partial charge in [0.05, 0.1) is 6.54 Å². The number of rotatable bonds is 6. The fraction of sp³-hybridized carbons (Fsp3) is 0.611. The van der Waals surface area contributed by atoms with Crippen LogP contribution in [-0.2, 0) is 11.3 Å². The van der Waals surface area contributed by atoms with Crippen LogP contribution in [-0.4, -0.2) is 48.4 Å². The van der Waals surface area contributed by atoms with Crippen molar-refractivity contribution in [2.45, 2.75) is 26.8 Å². The molecule has 5 heteroatoms. The lowest BCUT2D eigenvalue weighted by Gasteiger charge is -2.36. The Morgan fingerprint density at radius 1 is 1.22 bits per heavy atom. The molecule has 1 aromatic rings. The third-order valence-corrected chi connectivity index (χ3v) is 4.27. The van der Waals surface area contributed by atoms with Crippen molar-refractivity contribution in [3.05, 3.63) is 35.9 Å². The van der Waals surface area contributed by atoms with Crippen LogP contribution in [0.25, 0.3) is 0 Å². The molecule has 1 fully saturated rings. The zero-order chi connectivity index (χ0) is 15.9. The summed E-state index contributed by atoms with van der Waals surface area (Å²) in [6, 6.07) is 10.3. The summed E-state index contributed by atoms with van der Waals surface area (Å²) in [4.78, 5) is 16.8. The van der Waals surface area contributed by atoms with Gasteiger partial charge < -0.3 is 10.6 Å². The molecule has 0 bridgehead atoms. The standard InChI is InChI=1S/C18H29N3O.ClH/c1-15-10-16(2)12-21(11-15)18(22)14-20(9-8-19)13-17-6-4-3-5-7-17;/h3-7,15-16H,8-14,19H2,1-2H3;1H. The second-order valence-corrected chi connectivity index (χ2v) is 6.73. The Morgan fingerprint density at radius 3 is 2.39 bits per heavy atom. The quantitative estimate of drug-likeness (QED) is 0.865. The monoisotopic (exact) mass is 339 g/mol. The van der Waals surface area contributed by atoms with Crippen LogP contribution in [0.3, 0.4) is 0 Å². The fourth-order valence-corrected chi connectivity index (χ4v) is 3.40. The van der Waals surface area contributed by atoms with Gasteiger partial charge in [-0.3, -0.25) is 9.69 Å².